The highest BCUT2D eigenvalue weighted by Gasteiger charge is 2.08. The van der Waals surface area contributed by atoms with Crippen LogP contribution in [0.4, 0.5) is 8.78 Å². The van der Waals surface area contributed by atoms with E-state index in [1.807, 2.05) is 25.2 Å². The molecule has 2 rings (SSSR count). The Morgan fingerprint density at radius 3 is 2.68 bits per heavy atom. The Balaban J connectivity index is 2.06. The molecule has 2 aromatic carbocycles. The van der Waals surface area contributed by atoms with Gasteiger partial charge in [-0.15, -0.1) is 0 Å². The van der Waals surface area contributed by atoms with Gasteiger partial charge >= 0.3 is 0 Å². The zero-order valence-electron chi connectivity index (χ0n) is 10.6. The zero-order valence-corrected chi connectivity index (χ0v) is 10.6. The highest BCUT2D eigenvalue weighted by Crippen LogP contribution is 2.17. The van der Waals surface area contributed by atoms with Crippen molar-refractivity contribution in [2.75, 3.05) is 7.05 Å². The van der Waals surface area contributed by atoms with E-state index in [9.17, 15) is 8.78 Å². The summed E-state index contributed by atoms with van der Waals surface area (Å²) in [5, 5.41) is 3.04. The maximum absolute atomic E-state index is 13.4. The largest absolute Gasteiger partial charge is 0.489 e. The topological polar surface area (TPSA) is 21.3 Å². The monoisotopic (exact) mass is 263 g/mol. The average Bonchev–Trinajstić information content (AvgIpc) is 2.41. The van der Waals surface area contributed by atoms with Gasteiger partial charge in [-0.3, -0.25) is 0 Å². The molecule has 0 atom stereocenters. The van der Waals surface area contributed by atoms with Crippen LogP contribution < -0.4 is 10.1 Å². The van der Waals surface area contributed by atoms with Crippen LogP contribution in [-0.2, 0) is 13.2 Å². The minimum absolute atomic E-state index is 0.00655. The molecule has 100 valence electrons. The van der Waals surface area contributed by atoms with Gasteiger partial charge < -0.3 is 10.1 Å². The van der Waals surface area contributed by atoms with Crippen LogP contribution in [0.15, 0.2) is 42.5 Å². The van der Waals surface area contributed by atoms with Crippen molar-refractivity contribution < 1.29 is 13.5 Å². The Kier molecular flexibility index (Phi) is 4.47. The molecule has 0 aliphatic heterocycles. The van der Waals surface area contributed by atoms with Crippen molar-refractivity contribution in [2.24, 2.45) is 0 Å². The molecular weight excluding hydrogens is 248 g/mol. The molecule has 0 spiro atoms. The van der Waals surface area contributed by atoms with Gasteiger partial charge in [0.05, 0.1) is 0 Å². The third-order valence-corrected chi connectivity index (χ3v) is 2.71. The van der Waals surface area contributed by atoms with Crippen molar-refractivity contribution in [3.05, 3.63) is 65.2 Å². The van der Waals surface area contributed by atoms with E-state index in [1.54, 1.807) is 6.07 Å². The van der Waals surface area contributed by atoms with Gasteiger partial charge in [0, 0.05) is 12.1 Å². The average molecular weight is 263 g/mol. The molecule has 1 N–H and O–H groups in total. The van der Waals surface area contributed by atoms with Crippen molar-refractivity contribution in [3.8, 4) is 5.75 Å². The van der Waals surface area contributed by atoms with Gasteiger partial charge in [-0.25, -0.2) is 8.78 Å². The summed E-state index contributed by atoms with van der Waals surface area (Å²) in [6.45, 7) is 0.734. The first-order valence-corrected chi connectivity index (χ1v) is 6.00. The van der Waals surface area contributed by atoms with Crippen LogP contribution >= 0.6 is 0 Å². The van der Waals surface area contributed by atoms with Crippen molar-refractivity contribution in [1.29, 1.82) is 0 Å². The second kappa shape index (κ2) is 6.29. The molecular formula is C15H15F2NO. The van der Waals surface area contributed by atoms with Crippen molar-refractivity contribution in [2.45, 2.75) is 13.2 Å². The van der Waals surface area contributed by atoms with E-state index in [0.29, 0.717) is 5.75 Å². The summed E-state index contributed by atoms with van der Waals surface area (Å²) >= 11 is 0. The number of hydrogen-bond donors (Lipinski definition) is 1. The predicted octanol–water partition coefficient (Wildman–Crippen LogP) is 3.26. The van der Waals surface area contributed by atoms with E-state index < -0.39 is 11.6 Å². The van der Waals surface area contributed by atoms with E-state index in [-0.39, 0.29) is 12.2 Å². The first-order chi connectivity index (χ1) is 9.20. The molecule has 0 amide bonds. The Bertz CT molecular complexity index is 558. The Hall–Kier alpha value is -1.94. The lowest BCUT2D eigenvalue weighted by molar-refractivity contribution is 0.297. The van der Waals surface area contributed by atoms with Crippen LogP contribution in [0.25, 0.3) is 0 Å². The van der Waals surface area contributed by atoms with E-state index in [0.717, 1.165) is 18.2 Å². The van der Waals surface area contributed by atoms with Crippen LogP contribution in [0.1, 0.15) is 11.1 Å². The van der Waals surface area contributed by atoms with Gasteiger partial charge in [-0.2, -0.15) is 0 Å². The predicted molar refractivity (Wildman–Crippen MR) is 69.9 cm³/mol. The Labute approximate surface area is 111 Å². The van der Waals surface area contributed by atoms with Crippen LogP contribution in [0.3, 0.4) is 0 Å². The summed E-state index contributed by atoms with van der Waals surface area (Å²) in [6, 6.07) is 11.6. The molecule has 19 heavy (non-hydrogen) atoms. The molecule has 2 aromatic rings. The first kappa shape index (κ1) is 13.5. The first-order valence-electron chi connectivity index (χ1n) is 6.00. The van der Waals surface area contributed by atoms with E-state index in [4.69, 9.17) is 4.74 Å². The second-order valence-corrected chi connectivity index (χ2v) is 4.18. The van der Waals surface area contributed by atoms with Crippen molar-refractivity contribution in [1.82, 2.24) is 5.32 Å². The highest BCUT2D eigenvalue weighted by molar-refractivity contribution is 5.29. The molecule has 0 saturated heterocycles. The smallest absolute Gasteiger partial charge is 0.165 e. The minimum Gasteiger partial charge on any atom is -0.489 e. The lowest BCUT2D eigenvalue weighted by Gasteiger charge is -2.09. The fourth-order valence-electron chi connectivity index (χ4n) is 1.77. The molecule has 0 fully saturated rings. The quantitative estimate of drug-likeness (QED) is 0.894. The molecule has 0 bridgehead atoms. The van der Waals surface area contributed by atoms with E-state index >= 15 is 0 Å². The summed E-state index contributed by atoms with van der Waals surface area (Å²) in [5.41, 5.74) is 1.28. The van der Waals surface area contributed by atoms with E-state index in [1.165, 1.54) is 12.1 Å². The SMILES string of the molecule is CNCc1cccc(OCc2cccc(F)c2F)c1. The summed E-state index contributed by atoms with van der Waals surface area (Å²) in [6.07, 6.45) is 0. The number of rotatable bonds is 5. The number of benzene rings is 2. The third-order valence-electron chi connectivity index (χ3n) is 2.71. The fourth-order valence-corrected chi connectivity index (χ4v) is 1.77. The van der Waals surface area contributed by atoms with Gasteiger partial charge in [0.25, 0.3) is 0 Å². The fraction of sp³-hybridized carbons (Fsp3) is 0.200. The molecule has 4 heteroatoms. The minimum atomic E-state index is -0.856. The van der Waals surface area contributed by atoms with Crippen molar-refractivity contribution >= 4 is 0 Å². The van der Waals surface area contributed by atoms with Gasteiger partial charge in [-0.05, 0) is 30.8 Å². The van der Waals surface area contributed by atoms with Crippen molar-refractivity contribution in [3.63, 3.8) is 0 Å². The lowest BCUT2D eigenvalue weighted by atomic mass is 10.2. The molecule has 0 aliphatic carbocycles. The lowest BCUT2D eigenvalue weighted by Crippen LogP contribution is -2.05. The van der Waals surface area contributed by atoms with Crippen LogP contribution in [0.5, 0.6) is 5.75 Å². The third kappa shape index (κ3) is 3.51. The number of nitrogens with one attached hydrogen (secondary N) is 1. The molecule has 0 saturated carbocycles. The normalized spacial score (nSPS) is 10.5. The number of ether oxygens (including phenoxy) is 1. The number of halogens is 2. The summed E-state index contributed by atoms with van der Waals surface area (Å²) in [5.74, 6) is -1.07. The molecule has 2 nitrogen and oxygen atoms in total. The molecule has 0 heterocycles. The Morgan fingerprint density at radius 1 is 1.11 bits per heavy atom. The van der Waals surface area contributed by atoms with Crippen LogP contribution in [-0.4, -0.2) is 7.05 Å². The second-order valence-electron chi connectivity index (χ2n) is 4.18. The molecule has 0 aliphatic rings. The standard InChI is InChI=1S/C15H15F2NO/c1-18-9-11-4-2-6-13(8-11)19-10-12-5-3-7-14(16)15(12)17/h2-8,18H,9-10H2,1H3. The van der Waals surface area contributed by atoms with Gasteiger partial charge in [0.2, 0.25) is 0 Å². The summed E-state index contributed by atoms with van der Waals surface area (Å²) < 4.78 is 32.0. The molecule has 0 aromatic heterocycles. The van der Waals surface area contributed by atoms with Gasteiger partial charge in [-0.1, -0.05) is 24.3 Å². The van der Waals surface area contributed by atoms with Crippen LogP contribution in [0.2, 0.25) is 0 Å². The zero-order chi connectivity index (χ0) is 13.7. The molecule has 0 radical (unpaired) electrons. The summed E-state index contributed by atoms with van der Waals surface area (Å²) in [7, 11) is 1.86. The number of hydrogen-bond acceptors (Lipinski definition) is 2. The summed E-state index contributed by atoms with van der Waals surface area (Å²) in [4.78, 5) is 0. The van der Waals surface area contributed by atoms with E-state index in [2.05, 4.69) is 5.32 Å². The Morgan fingerprint density at radius 2 is 1.89 bits per heavy atom. The van der Waals surface area contributed by atoms with Crippen LogP contribution in [0, 0.1) is 11.6 Å². The maximum atomic E-state index is 13.4. The molecule has 0 unspecified atom stereocenters. The van der Waals surface area contributed by atoms with Gasteiger partial charge in [0.15, 0.2) is 11.6 Å². The highest BCUT2D eigenvalue weighted by atomic mass is 19.2. The maximum Gasteiger partial charge on any atom is 0.165 e. The van der Waals surface area contributed by atoms with Gasteiger partial charge in [0.1, 0.15) is 12.4 Å².